The first-order chi connectivity index (χ1) is 12.7. The Bertz CT molecular complexity index is 831. The highest BCUT2D eigenvalue weighted by molar-refractivity contribution is 5.92. The number of amides is 1. The van der Waals surface area contributed by atoms with E-state index in [0.29, 0.717) is 12.3 Å². The SMILES string of the molecule is Cc1ccc(OCC(=O)Nc2ccc(NCc3cccnc3)cc2)cc1. The van der Waals surface area contributed by atoms with Crippen molar-refractivity contribution in [3.63, 3.8) is 0 Å². The second kappa shape index (κ2) is 8.67. The molecule has 3 rings (SSSR count). The van der Waals surface area contributed by atoms with Crippen LogP contribution in [0.25, 0.3) is 0 Å². The van der Waals surface area contributed by atoms with E-state index < -0.39 is 0 Å². The van der Waals surface area contributed by atoms with Gasteiger partial charge in [-0.05, 0) is 55.0 Å². The van der Waals surface area contributed by atoms with Gasteiger partial charge in [0.15, 0.2) is 6.61 Å². The molecule has 2 N–H and O–H groups in total. The van der Waals surface area contributed by atoms with E-state index in [1.807, 2.05) is 73.8 Å². The maximum atomic E-state index is 12.0. The summed E-state index contributed by atoms with van der Waals surface area (Å²) in [5.41, 5.74) is 3.97. The lowest BCUT2D eigenvalue weighted by molar-refractivity contribution is -0.118. The van der Waals surface area contributed by atoms with Crippen molar-refractivity contribution < 1.29 is 9.53 Å². The van der Waals surface area contributed by atoms with Crippen LogP contribution in [-0.4, -0.2) is 17.5 Å². The first kappa shape index (κ1) is 17.5. The molecule has 0 atom stereocenters. The summed E-state index contributed by atoms with van der Waals surface area (Å²) in [6.45, 7) is 2.68. The zero-order chi connectivity index (χ0) is 18.2. The molecule has 3 aromatic rings. The molecule has 0 radical (unpaired) electrons. The largest absolute Gasteiger partial charge is 0.484 e. The summed E-state index contributed by atoms with van der Waals surface area (Å²) in [6.07, 6.45) is 3.58. The molecule has 5 heteroatoms. The van der Waals surface area contributed by atoms with Crippen LogP contribution in [0.1, 0.15) is 11.1 Å². The minimum absolute atomic E-state index is 0.0237. The van der Waals surface area contributed by atoms with Crippen molar-refractivity contribution in [3.8, 4) is 5.75 Å². The summed E-state index contributed by atoms with van der Waals surface area (Å²) in [5, 5.41) is 6.14. The molecular weight excluding hydrogens is 326 g/mol. The van der Waals surface area contributed by atoms with Crippen LogP contribution >= 0.6 is 0 Å². The van der Waals surface area contributed by atoms with E-state index in [1.54, 1.807) is 6.20 Å². The molecule has 0 aliphatic heterocycles. The molecule has 26 heavy (non-hydrogen) atoms. The topological polar surface area (TPSA) is 63.2 Å². The number of benzene rings is 2. The number of nitrogens with one attached hydrogen (secondary N) is 2. The van der Waals surface area contributed by atoms with E-state index in [4.69, 9.17) is 4.74 Å². The van der Waals surface area contributed by atoms with E-state index in [1.165, 1.54) is 0 Å². The molecule has 132 valence electrons. The van der Waals surface area contributed by atoms with Crippen molar-refractivity contribution in [1.29, 1.82) is 0 Å². The number of anilines is 2. The van der Waals surface area contributed by atoms with Crippen LogP contribution < -0.4 is 15.4 Å². The predicted octanol–water partition coefficient (Wildman–Crippen LogP) is 4.02. The molecule has 2 aromatic carbocycles. The maximum Gasteiger partial charge on any atom is 0.262 e. The summed E-state index contributed by atoms with van der Waals surface area (Å²) in [6, 6.07) is 19.1. The summed E-state index contributed by atoms with van der Waals surface area (Å²) in [7, 11) is 0. The van der Waals surface area contributed by atoms with E-state index in [2.05, 4.69) is 15.6 Å². The number of aromatic nitrogens is 1. The van der Waals surface area contributed by atoms with E-state index in [9.17, 15) is 4.79 Å². The van der Waals surface area contributed by atoms with Crippen LogP contribution in [0, 0.1) is 6.92 Å². The molecule has 5 nitrogen and oxygen atoms in total. The number of carbonyl (C=O) groups is 1. The van der Waals surface area contributed by atoms with Crippen LogP contribution in [0.5, 0.6) is 5.75 Å². The molecule has 0 bridgehead atoms. The van der Waals surface area contributed by atoms with Gasteiger partial charge in [-0.25, -0.2) is 0 Å². The molecule has 0 spiro atoms. The van der Waals surface area contributed by atoms with Crippen molar-refractivity contribution >= 4 is 17.3 Å². The van der Waals surface area contributed by atoms with Gasteiger partial charge < -0.3 is 15.4 Å². The van der Waals surface area contributed by atoms with Gasteiger partial charge in [0, 0.05) is 30.3 Å². The second-order valence-electron chi connectivity index (χ2n) is 5.94. The summed E-state index contributed by atoms with van der Waals surface area (Å²) in [5.74, 6) is 0.488. The number of pyridine rings is 1. The third-order valence-electron chi connectivity index (χ3n) is 3.78. The molecule has 0 saturated heterocycles. The van der Waals surface area contributed by atoms with Crippen molar-refractivity contribution in [1.82, 2.24) is 4.98 Å². The molecule has 0 aliphatic carbocycles. The number of nitrogens with zero attached hydrogens (tertiary/aromatic N) is 1. The van der Waals surface area contributed by atoms with Gasteiger partial charge in [0.1, 0.15) is 5.75 Å². The molecule has 0 unspecified atom stereocenters. The molecular formula is C21H21N3O2. The number of hydrogen-bond acceptors (Lipinski definition) is 4. The number of rotatable bonds is 7. The van der Waals surface area contributed by atoms with Gasteiger partial charge in [-0.3, -0.25) is 9.78 Å². The van der Waals surface area contributed by atoms with Crippen LogP contribution in [-0.2, 0) is 11.3 Å². The first-order valence-corrected chi connectivity index (χ1v) is 8.41. The predicted molar refractivity (Wildman–Crippen MR) is 103 cm³/mol. The van der Waals surface area contributed by atoms with Crippen LogP contribution in [0.2, 0.25) is 0 Å². The second-order valence-corrected chi connectivity index (χ2v) is 5.94. The standard InChI is InChI=1S/C21H21N3O2/c1-16-4-10-20(11-5-16)26-15-21(25)24-19-8-6-18(7-9-19)23-14-17-3-2-12-22-13-17/h2-13,23H,14-15H2,1H3,(H,24,25). The average molecular weight is 347 g/mol. The average Bonchev–Trinajstić information content (AvgIpc) is 2.68. The van der Waals surface area contributed by atoms with Crippen molar-refractivity contribution in [3.05, 3.63) is 84.2 Å². The molecule has 1 heterocycles. The van der Waals surface area contributed by atoms with Gasteiger partial charge in [0.2, 0.25) is 0 Å². The zero-order valence-corrected chi connectivity index (χ0v) is 14.6. The molecule has 1 amide bonds. The Balaban J connectivity index is 1.45. The van der Waals surface area contributed by atoms with E-state index in [0.717, 1.165) is 22.5 Å². The van der Waals surface area contributed by atoms with Crippen LogP contribution in [0.4, 0.5) is 11.4 Å². The fourth-order valence-corrected chi connectivity index (χ4v) is 2.36. The van der Waals surface area contributed by atoms with Crippen molar-refractivity contribution in [2.75, 3.05) is 17.2 Å². The van der Waals surface area contributed by atoms with Gasteiger partial charge in [0.25, 0.3) is 5.91 Å². The highest BCUT2D eigenvalue weighted by Crippen LogP contribution is 2.15. The number of aryl methyl sites for hydroxylation is 1. The number of hydrogen-bond donors (Lipinski definition) is 2. The Morgan fingerprint density at radius 3 is 2.42 bits per heavy atom. The minimum atomic E-state index is -0.193. The fraction of sp³-hybridized carbons (Fsp3) is 0.143. The van der Waals surface area contributed by atoms with Crippen molar-refractivity contribution in [2.45, 2.75) is 13.5 Å². The Morgan fingerprint density at radius 1 is 1.00 bits per heavy atom. The van der Waals surface area contributed by atoms with Gasteiger partial charge in [-0.1, -0.05) is 23.8 Å². The monoisotopic (exact) mass is 347 g/mol. The molecule has 0 aliphatic rings. The Hall–Kier alpha value is -3.34. The summed E-state index contributed by atoms with van der Waals surface area (Å²) >= 11 is 0. The maximum absolute atomic E-state index is 12.0. The molecule has 0 fully saturated rings. The highest BCUT2D eigenvalue weighted by Gasteiger charge is 2.04. The third kappa shape index (κ3) is 5.34. The van der Waals surface area contributed by atoms with E-state index in [-0.39, 0.29) is 12.5 Å². The number of ether oxygens (including phenoxy) is 1. The highest BCUT2D eigenvalue weighted by atomic mass is 16.5. The Labute approximate surface area is 153 Å². The molecule has 1 aromatic heterocycles. The minimum Gasteiger partial charge on any atom is -0.484 e. The lowest BCUT2D eigenvalue weighted by Gasteiger charge is -2.09. The molecule has 0 saturated carbocycles. The Kier molecular flexibility index (Phi) is 5.83. The van der Waals surface area contributed by atoms with Crippen molar-refractivity contribution in [2.24, 2.45) is 0 Å². The van der Waals surface area contributed by atoms with Gasteiger partial charge >= 0.3 is 0 Å². The van der Waals surface area contributed by atoms with Gasteiger partial charge in [0.05, 0.1) is 0 Å². The lowest BCUT2D eigenvalue weighted by atomic mass is 10.2. The number of carbonyl (C=O) groups excluding carboxylic acids is 1. The smallest absolute Gasteiger partial charge is 0.262 e. The Morgan fingerprint density at radius 2 is 1.73 bits per heavy atom. The summed E-state index contributed by atoms with van der Waals surface area (Å²) < 4.78 is 5.48. The quantitative estimate of drug-likeness (QED) is 0.678. The van der Waals surface area contributed by atoms with Crippen LogP contribution in [0.3, 0.4) is 0 Å². The first-order valence-electron chi connectivity index (χ1n) is 8.41. The third-order valence-corrected chi connectivity index (χ3v) is 3.78. The lowest BCUT2D eigenvalue weighted by Crippen LogP contribution is -2.20. The normalized spacial score (nSPS) is 10.2. The van der Waals surface area contributed by atoms with E-state index >= 15 is 0 Å². The van der Waals surface area contributed by atoms with Gasteiger partial charge in [-0.2, -0.15) is 0 Å². The zero-order valence-electron chi connectivity index (χ0n) is 14.6. The van der Waals surface area contributed by atoms with Crippen LogP contribution in [0.15, 0.2) is 73.1 Å². The fourth-order valence-electron chi connectivity index (χ4n) is 2.36. The van der Waals surface area contributed by atoms with Gasteiger partial charge in [-0.15, -0.1) is 0 Å². The summed E-state index contributed by atoms with van der Waals surface area (Å²) in [4.78, 5) is 16.1.